The second kappa shape index (κ2) is 6.38. The Labute approximate surface area is 110 Å². The first-order valence-corrected chi connectivity index (χ1v) is 7.58. The standard InChI is InChI=1S/C10H19F3N2O3S/c11-10(12,13)7-15-19(17,18)14-6-9(8-16)4-2-1-3-5-9/h14-16H,1-8H2. The van der Waals surface area contributed by atoms with Crippen molar-refractivity contribution in [2.45, 2.75) is 38.3 Å². The van der Waals surface area contributed by atoms with Crippen molar-refractivity contribution in [3.8, 4) is 0 Å². The molecule has 0 radical (unpaired) electrons. The van der Waals surface area contributed by atoms with Crippen LogP contribution in [0.1, 0.15) is 32.1 Å². The molecule has 0 heterocycles. The van der Waals surface area contributed by atoms with Gasteiger partial charge in [-0.3, -0.25) is 0 Å². The Balaban J connectivity index is 2.49. The van der Waals surface area contributed by atoms with Crippen LogP contribution in [0.15, 0.2) is 0 Å². The molecule has 0 aromatic carbocycles. The fourth-order valence-electron chi connectivity index (χ4n) is 2.17. The van der Waals surface area contributed by atoms with Gasteiger partial charge >= 0.3 is 6.18 Å². The summed E-state index contributed by atoms with van der Waals surface area (Å²) in [4.78, 5) is 0. The number of halogens is 3. The van der Waals surface area contributed by atoms with E-state index in [-0.39, 0.29) is 13.2 Å². The molecule has 0 saturated heterocycles. The average Bonchev–Trinajstić information content (AvgIpc) is 2.35. The lowest BCUT2D eigenvalue weighted by Crippen LogP contribution is -2.47. The van der Waals surface area contributed by atoms with Crippen LogP contribution in [0.4, 0.5) is 13.2 Å². The van der Waals surface area contributed by atoms with Crippen molar-refractivity contribution in [2.24, 2.45) is 5.41 Å². The van der Waals surface area contributed by atoms with Crippen LogP contribution in [0.2, 0.25) is 0 Å². The van der Waals surface area contributed by atoms with E-state index in [2.05, 4.69) is 4.72 Å². The van der Waals surface area contributed by atoms with Crippen molar-refractivity contribution in [2.75, 3.05) is 19.7 Å². The number of hydrogen-bond donors (Lipinski definition) is 3. The molecule has 0 unspecified atom stereocenters. The minimum Gasteiger partial charge on any atom is -0.396 e. The molecule has 1 aliphatic rings. The van der Waals surface area contributed by atoms with Crippen molar-refractivity contribution in [3.05, 3.63) is 0 Å². The third-order valence-corrected chi connectivity index (χ3v) is 4.40. The largest absolute Gasteiger partial charge is 0.402 e. The van der Waals surface area contributed by atoms with E-state index in [1.165, 1.54) is 4.72 Å². The fourth-order valence-corrected chi connectivity index (χ4v) is 3.12. The van der Waals surface area contributed by atoms with Crippen LogP contribution in [-0.4, -0.2) is 39.4 Å². The molecular weight excluding hydrogens is 285 g/mol. The Morgan fingerprint density at radius 1 is 1.11 bits per heavy atom. The van der Waals surface area contributed by atoms with Crippen molar-refractivity contribution in [3.63, 3.8) is 0 Å². The Morgan fingerprint density at radius 2 is 1.68 bits per heavy atom. The molecule has 9 heteroatoms. The van der Waals surface area contributed by atoms with Crippen LogP contribution in [0.5, 0.6) is 0 Å². The maximum atomic E-state index is 11.9. The van der Waals surface area contributed by atoms with Gasteiger partial charge < -0.3 is 5.11 Å². The minimum absolute atomic E-state index is 0.0449. The molecule has 0 aromatic rings. The molecule has 1 fully saturated rings. The fraction of sp³-hybridized carbons (Fsp3) is 1.00. The molecule has 0 atom stereocenters. The number of rotatable bonds is 6. The van der Waals surface area contributed by atoms with E-state index in [0.29, 0.717) is 12.8 Å². The molecule has 0 aromatic heterocycles. The van der Waals surface area contributed by atoms with Gasteiger partial charge in [-0.15, -0.1) is 0 Å². The van der Waals surface area contributed by atoms with Gasteiger partial charge in [-0.05, 0) is 12.8 Å². The number of nitrogens with one attached hydrogen (secondary N) is 2. The van der Waals surface area contributed by atoms with Crippen LogP contribution >= 0.6 is 0 Å². The molecule has 0 amide bonds. The Hall–Kier alpha value is -0.380. The Bertz CT molecular complexity index is 378. The Kier molecular flexibility index (Phi) is 5.60. The lowest BCUT2D eigenvalue weighted by atomic mass is 9.75. The molecule has 3 N–H and O–H groups in total. The summed E-state index contributed by atoms with van der Waals surface area (Å²) in [6.45, 7) is -1.82. The normalized spacial score (nSPS) is 20.4. The topological polar surface area (TPSA) is 78.4 Å². The molecule has 0 spiro atoms. The first-order chi connectivity index (χ1) is 8.68. The van der Waals surface area contributed by atoms with Gasteiger partial charge in [-0.1, -0.05) is 19.3 Å². The molecular formula is C10H19F3N2O3S. The summed E-state index contributed by atoms with van der Waals surface area (Å²) in [7, 11) is -4.19. The van der Waals surface area contributed by atoms with Crippen LogP contribution in [-0.2, 0) is 10.2 Å². The van der Waals surface area contributed by atoms with Gasteiger partial charge in [-0.25, -0.2) is 4.72 Å². The third kappa shape index (κ3) is 6.07. The quantitative estimate of drug-likeness (QED) is 0.682. The molecule has 114 valence electrons. The first kappa shape index (κ1) is 16.7. The van der Waals surface area contributed by atoms with E-state index in [1.54, 1.807) is 0 Å². The van der Waals surface area contributed by atoms with E-state index >= 15 is 0 Å². The van der Waals surface area contributed by atoms with Gasteiger partial charge in [0.15, 0.2) is 0 Å². The summed E-state index contributed by atoms with van der Waals surface area (Å²) >= 11 is 0. The van der Waals surface area contributed by atoms with Gasteiger partial charge in [0.05, 0.1) is 0 Å². The highest BCUT2D eigenvalue weighted by atomic mass is 32.2. The highest BCUT2D eigenvalue weighted by molar-refractivity contribution is 7.87. The summed E-state index contributed by atoms with van der Waals surface area (Å²) in [6, 6.07) is 0. The number of hydrogen-bond acceptors (Lipinski definition) is 3. The predicted molar refractivity (Wildman–Crippen MR) is 63.6 cm³/mol. The molecule has 5 nitrogen and oxygen atoms in total. The van der Waals surface area contributed by atoms with Gasteiger partial charge in [0.2, 0.25) is 0 Å². The van der Waals surface area contributed by atoms with E-state index in [9.17, 15) is 26.7 Å². The maximum Gasteiger partial charge on any atom is 0.402 e. The zero-order chi connectivity index (χ0) is 14.6. The lowest BCUT2D eigenvalue weighted by molar-refractivity contribution is -0.121. The zero-order valence-corrected chi connectivity index (χ0v) is 11.3. The summed E-state index contributed by atoms with van der Waals surface area (Å²) in [5.41, 5.74) is -0.550. The zero-order valence-electron chi connectivity index (χ0n) is 10.5. The van der Waals surface area contributed by atoms with E-state index in [1.807, 2.05) is 0 Å². The van der Waals surface area contributed by atoms with E-state index in [4.69, 9.17) is 0 Å². The number of aliphatic hydroxyl groups excluding tert-OH is 1. The summed E-state index contributed by atoms with van der Waals surface area (Å²) < 4.78 is 62.1. The third-order valence-electron chi connectivity index (χ3n) is 3.35. The summed E-state index contributed by atoms with van der Waals surface area (Å²) in [5, 5.41) is 9.36. The molecule has 0 bridgehead atoms. The first-order valence-electron chi connectivity index (χ1n) is 6.10. The molecule has 1 saturated carbocycles. The van der Waals surface area contributed by atoms with Gasteiger partial charge in [0, 0.05) is 18.6 Å². The van der Waals surface area contributed by atoms with Crippen molar-refractivity contribution < 1.29 is 26.7 Å². The maximum absolute atomic E-state index is 11.9. The summed E-state index contributed by atoms with van der Waals surface area (Å²) in [5.74, 6) is 0. The van der Waals surface area contributed by atoms with Crippen LogP contribution in [0.3, 0.4) is 0 Å². The molecule has 1 aliphatic carbocycles. The summed E-state index contributed by atoms with van der Waals surface area (Å²) in [6.07, 6.45) is -0.442. The average molecular weight is 304 g/mol. The highest BCUT2D eigenvalue weighted by Gasteiger charge is 2.34. The number of alkyl halides is 3. The smallest absolute Gasteiger partial charge is 0.396 e. The van der Waals surface area contributed by atoms with Crippen LogP contribution < -0.4 is 9.44 Å². The monoisotopic (exact) mass is 304 g/mol. The second-order valence-corrected chi connectivity index (χ2v) is 6.56. The van der Waals surface area contributed by atoms with Crippen LogP contribution in [0.25, 0.3) is 0 Å². The predicted octanol–water partition coefficient (Wildman–Crippen LogP) is 0.915. The second-order valence-electron chi connectivity index (χ2n) is 4.98. The SMILES string of the molecule is O=S(=O)(NCC(F)(F)F)NCC1(CO)CCCCC1. The number of aliphatic hydroxyl groups is 1. The minimum atomic E-state index is -4.59. The van der Waals surface area contributed by atoms with E-state index in [0.717, 1.165) is 19.3 Å². The van der Waals surface area contributed by atoms with Crippen molar-refractivity contribution >= 4 is 10.2 Å². The van der Waals surface area contributed by atoms with Crippen molar-refractivity contribution in [1.29, 1.82) is 0 Å². The van der Waals surface area contributed by atoms with Gasteiger partial charge in [-0.2, -0.15) is 26.3 Å². The highest BCUT2D eigenvalue weighted by Crippen LogP contribution is 2.35. The van der Waals surface area contributed by atoms with Gasteiger partial charge in [0.1, 0.15) is 6.54 Å². The lowest BCUT2D eigenvalue weighted by Gasteiger charge is -2.35. The molecule has 1 rings (SSSR count). The van der Waals surface area contributed by atoms with Crippen LogP contribution in [0, 0.1) is 5.41 Å². The van der Waals surface area contributed by atoms with E-state index < -0.39 is 28.3 Å². The Morgan fingerprint density at radius 3 is 2.16 bits per heavy atom. The van der Waals surface area contributed by atoms with Crippen molar-refractivity contribution in [1.82, 2.24) is 9.44 Å². The van der Waals surface area contributed by atoms with Gasteiger partial charge in [0.25, 0.3) is 10.2 Å². The molecule has 19 heavy (non-hydrogen) atoms. The molecule has 0 aliphatic heterocycles.